The van der Waals surface area contributed by atoms with Crippen LogP contribution in [0.5, 0.6) is 0 Å². The Balaban J connectivity index is 4.08. The molecule has 0 fully saturated rings. The molecular weight excluding hydrogens is 166 g/mol. The van der Waals surface area contributed by atoms with Crippen LogP contribution in [0.3, 0.4) is 0 Å². The van der Waals surface area contributed by atoms with Crippen LogP contribution < -0.4 is 0 Å². The van der Waals surface area contributed by atoms with Gasteiger partial charge < -0.3 is 4.90 Å². The SMILES string of the molecule is C#CCC(C)C(=S)N(CC)CC. The molecule has 1 unspecified atom stereocenters. The van der Waals surface area contributed by atoms with Crippen LogP contribution in [-0.4, -0.2) is 23.0 Å². The molecule has 12 heavy (non-hydrogen) atoms. The van der Waals surface area contributed by atoms with Crippen LogP contribution in [0.15, 0.2) is 0 Å². The van der Waals surface area contributed by atoms with Crippen molar-refractivity contribution in [1.29, 1.82) is 0 Å². The summed E-state index contributed by atoms with van der Waals surface area (Å²) in [4.78, 5) is 3.18. The van der Waals surface area contributed by atoms with E-state index >= 15 is 0 Å². The highest BCUT2D eigenvalue weighted by Crippen LogP contribution is 2.08. The van der Waals surface area contributed by atoms with Gasteiger partial charge in [-0.15, -0.1) is 12.3 Å². The van der Waals surface area contributed by atoms with E-state index in [1.165, 1.54) is 0 Å². The molecule has 0 spiro atoms. The number of nitrogens with zero attached hydrogens (tertiary/aromatic N) is 1. The zero-order valence-electron chi connectivity index (χ0n) is 8.13. The molecule has 1 atom stereocenters. The topological polar surface area (TPSA) is 3.24 Å². The lowest BCUT2D eigenvalue weighted by atomic mass is 10.1. The van der Waals surface area contributed by atoms with Gasteiger partial charge in [-0.2, -0.15) is 0 Å². The van der Waals surface area contributed by atoms with Crippen LogP contribution in [0.4, 0.5) is 0 Å². The first-order valence-electron chi connectivity index (χ1n) is 4.39. The summed E-state index contributed by atoms with van der Waals surface area (Å²) in [5.74, 6) is 2.98. The monoisotopic (exact) mass is 183 g/mol. The summed E-state index contributed by atoms with van der Waals surface area (Å²) in [6, 6.07) is 0. The third kappa shape index (κ3) is 3.23. The highest BCUT2D eigenvalue weighted by molar-refractivity contribution is 7.80. The Kier molecular flexibility index (Phi) is 5.74. The average Bonchev–Trinajstić information content (AvgIpc) is 2.07. The molecule has 0 saturated carbocycles. The Morgan fingerprint density at radius 3 is 2.33 bits per heavy atom. The van der Waals surface area contributed by atoms with Crippen molar-refractivity contribution in [3.05, 3.63) is 0 Å². The normalized spacial score (nSPS) is 11.8. The molecule has 0 N–H and O–H groups in total. The summed E-state index contributed by atoms with van der Waals surface area (Å²) < 4.78 is 0. The Morgan fingerprint density at radius 2 is 2.00 bits per heavy atom. The van der Waals surface area contributed by atoms with Gasteiger partial charge in [0.25, 0.3) is 0 Å². The smallest absolute Gasteiger partial charge is 0.0817 e. The van der Waals surface area contributed by atoms with Crippen molar-refractivity contribution >= 4 is 17.2 Å². The molecule has 0 aromatic rings. The number of terminal acetylenes is 1. The molecule has 0 aliphatic carbocycles. The van der Waals surface area contributed by atoms with Crippen LogP contribution in [-0.2, 0) is 0 Å². The zero-order chi connectivity index (χ0) is 9.56. The number of hydrogen-bond donors (Lipinski definition) is 0. The first kappa shape index (κ1) is 11.4. The van der Waals surface area contributed by atoms with Crippen molar-refractivity contribution in [3.8, 4) is 12.3 Å². The van der Waals surface area contributed by atoms with Crippen molar-refractivity contribution in [3.63, 3.8) is 0 Å². The van der Waals surface area contributed by atoms with Gasteiger partial charge in [0.2, 0.25) is 0 Å². The minimum Gasteiger partial charge on any atom is -0.366 e. The molecule has 0 aliphatic heterocycles. The van der Waals surface area contributed by atoms with E-state index in [0.717, 1.165) is 24.5 Å². The average molecular weight is 183 g/mol. The third-order valence-corrected chi connectivity index (χ3v) is 2.58. The van der Waals surface area contributed by atoms with E-state index in [0.29, 0.717) is 5.92 Å². The Bertz CT molecular complexity index is 177. The summed E-state index contributed by atoms with van der Waals surface area (Å²) in [7, 11) is 0. The van der Waals surface area contributed by atoms with E-state index in [1.807, 2.05) is 0 Å². The quantitative estimate of drug-likeness (QED) is 0.486. The van der Waals surface area contributed by atoms with Crippen molar-refractivity contribution in [1.82, 2.24) is 4.90 Å². The molecule has 0 aromatic heterocycles. The van der Waals surface area contributed by atoms with Crippen molar-refractivity contribution in [2.75, 3.05) is 13.1 Å². The maximum Gasteiger partial charge on any atom is 0.0817 e. The van der Waals surface area contributed by atoms with E-state index in [2.05, 4.69) is 31.6 Å². The number of thiocarbonyl (C=S) groups is 1. The summed E-state index contributed by atoms with van der Waals surface area (Å²) in [6.07, 6.45) is 5.97. The van der Waals surface area contributed by atoms with Crippen LogP contribution in [0, 0.1) is 18.3 Å². The predicted octanol–water partition coefficient (Wildman–Crippen LogP) is 2.32. The lowest BCUT2D eigenvalue weighted by molar-refractivity contribution is 0.448. The van der Waals surface area contributed by atoms with Gasteiger partial charge in [0, 0.05) is 25.4 Å². The van der Waals surface area contributed by atoms with Gasteiger partial charge in [-0.1, -0.05) is 19.1 Å². The van der Waals surface area contributed by atoms with Gasteiger partial charge in [0.05, 0.1) is 4.99 Å². The maximum atomic E-state index is 5.29. The van der Waals surface area contributed by atoms with Gasteiger partial charge in [0.15, 0.2) is 0 Å². The molecular formula is C10H17NS. The fourth-order valence-electron chi connectivity index (χ4n) is 1.11. The van der Waals surface area contributed by atoms with Gasteiger partial charge in [-0.05, 0) is 13.8 Å². The van der Waals surface area contributed by atoms with E-state index in [-0.39, 0.29) is 0 Å². The van der Waals surface area contributed by atoms with Gasteiger partial charge in [0.1, 0.15) is 0 Å². The maximum absolute atomic E-state index is 5.29. The fraction of sp³-hybridized carbons (Fsp3) is 0.700. The Labute approximate surface area is 81.1 Å². The fourth-order valence-corrected chi connectivity index (χ4v) is 1.45. The third-order valence-electron chi connectivity index (χ3n) is 1.92. The zero-order valence-corrected chi connectivity index (χ0v) is 8.95. The summed E-state index contributed by atoms with van der Waals surface area (Å²) in [5, 5.41) is 0. The molecule has 0 rings (SSSR count). The molecule has 0 bridgehead atoms. The van der Waals surface area contributed by atoms with Crippen LogP contribution in [0.2, 0.25) is 0 Å². The van der Waals surface area contributed by atoms with E-state index in [1.54, 1.807) is 0 Å². The second-order valence-corrected chi connectivity index (χ2v) is 3.24. The van der Waals surface area contributed by atoms with Gasteiger partial charge in [-0.25, -0.2) is 0 Å². The van der Waals surface area contributed by atoms with Crippen LogP contribution in [0.1, 0.15) is 27.2 Å². The first-order valence-corrected chi connectivity index (χ1v) is 4.80. The molecule has 2 heteroatoms. The Morgan fingerprint density at radius 1 is 1.50 bits per heavy atom. The molecule has 0 amide bonds. The predicted molar refractivity (Wildman–Crippen MR) is 58.1 cm³/mol. The molecule has 0 aromatic carbocycles. The van der Waals surface area contributed by atoms with Gasteiger partial charge >= 0.3 is 0 Å². The first-order chi connectivity index (χ1) is 5.67. The molecule has 0 aliphatic rings. The lowest BCUT2D eigenvalue weighted by Crippen LogP contribution is -2.33. The molecule has 68 valence electrons. The highest BCUT2D eigenvalue weighted by atomic mass is 32.1. The molecule has 0 heterocycles. The summed E-state index contributed by atoms with van der Waals surface area (Å²) >= 11 is 5.29. The van der Waals surface area contributed by atoms with Crippen molar-refractivity contribution in [2.45, 2.75) is 27.2 Å². The Hall–Kier alpha value is -0.550. The minimum absolute atomic E-state index is 0.338. The summed E-state index contributed by atoms with van der Waals surface area (Å²) in [6.45, 7) is 8.26. The highest BCUT2D eigenvalue weighted by Gasteiger charge is 2.11. The van der Waals surface area contributed by atoms with Gasteiger partial charge in [-0.3, -0.25) is 0 Å². The lowest BCUT2D eigenvalue weighted by Gasteiger charge is -2.25. The van der Waals surface area contributed by atoms with Crippen LogP contribution in [0.25, 0.3) is 0 Å². The van der Waals surface area contributed by atoms with E-state index in [4.69, 9.17) is 18.6 Å². The minimum atomic E-state index is 0.338. The van der Waals surface area contributed by atoms with Crippen molar-refractivity contribution in [2.24, 2.45) is 5.92 Å². The molecule has 0 saturated heterocycles. The summed E-state index contributed by atoms with van der Waals surface area (Å²) in [5.41, 5.74) is 0. The second kappa shape index (κ2) is 6.02. The molecule has 0 radical (unpaired) electrons. The molecule has 1 nitrogen and oxygen atoms in total. The standard InChI is InChI=1S/C10H17NS/c1-5-8-9(4)10(12)11(6-2)7-3/h1,9H,6-8H2,2-4H3. The van der Waals surface area contributed by atoms with E-state index in [9.17, 15) is 0 Å². The number of rotatable bonds is 4. The largest absolute Gasteiger partial charge is 0.366 e. The van der Waals surface area contributed by atoms with Crippen LogP contribution >= 0.6 is 12.2 Å². The number of hydrogen-bond acceptors (Lipinski definition) is 1. The van der Waals surface area contributed by atoms with Crippen molar-refractivity contribution < 1.29 is 0 Å². The second-order valence-electron chi connectivity index (χ2n) is 2.82. The van der Waals surface area contributed by atoms with E-state index < -0.39 is 0 Å².